The number of hydrogen-bond acceptors (Lipinski definition) is 5. The second-order valence-corrected chi connectivity index (χ2v) is 11.2. The maximum Gasteiger partial charge on any atom is 0.264 e. The van der Waals surface area contributed by atoms with Crippen molar-refractivity contribution in [3.05, 3.63) is 88.4 Å². The third-order valence-electron chi connectivity index (χ3n) is 6.31. The van der Waals surface area contributed by atoms with Crippen LogP contribution in [0.25, 0.3) is 0 Å². The highest BCUT2D eigenvalue weighted by atomic mass is 35.5. The van der Waals surface area contributed by atoms with Crippen LogP contribution >= 0.6 is 11.6 Å². The predicted molar refractivity (Wildman–Crippen MR) is 149 cm³/mol. The number of nitrogens with one attached hydrogen (secondary N) is 1. The fourth-order valence-electron chi connectivity index (χ4n) is 3.97. The first kappa shape index (κ1) is 29.0. The molecule has 8 nitrogen and oxygen atoms in total. The fourth-order valence-corrected chi connectivity index (χ4v) is 5.55. The lowest BCUT2D eigenvalue weighted by atomic mass is 10.1. The Bertz CT molecular complexity index is 1410. The molecule has 0 saturated heterocycles. The van der Waals surface area contributed by atoms with Crippen molar-refractivity contribution in [1.82, 2.24) is 10.2 Å². The molecule has 1 atom stereocenters. The van der Waals surface area contributed by atoms with Crippen LogP contribution in [-0.4, -0.2) is 51.9 Å². The molecule has 0 heterocycles. The van der Waals surface area contributed by atoms with Gasteiger partial charge >= 0.3 is 0 Å². The number of ether oxygens (including phenoxy) is 1. The van der Waals surface area contributed by atoms with Crippen molar-refractivity contribution in [2.24, 2.45) is 0 Å². The lowest BCUT2D eigenvalue weighted by molar-refractivity contribution is -0.139. The molecule has 0 aliphatic carbocycles. The molecule has 202 valence electrons. The van der Waals surface area contributed by atoms with Gasteiger partial charge in [0.25, 0.3) is 10.0 Å². The number of carbonyl (C=O) groups is 2. The third kappa shape index (κ3) is 6.46. The Morgan fingerprint density at radius 1 is 1.03 bits per heavy atom. The Labute approximate surface area is 229 Å². The van der Waals surface area contributed by atoms with Crippen LogP contribution in [0.3, 0.4) is 0 Å². The molecule has 0 bridgehead atoms. The number of aryl methyl sites for hydroxylation is 2. The molecule has 3 aromatic carbocycles. The SMILES string of the molecule is CNC(=O)[C@@H](C)N(Cc1ccccc1C)C(=O)CN(c1cc(Cl)ccc1OC)S(=O)(=O)c1ccc(C)cc1. The Hall–Kier alpha value is -3.56. The van der Waals surface area contributed by atoms with E-state index in [1.54, 1.807) is 25.1 Å². The summed E-state index contributed by atoms with van der Waals surface area (Å²) in [5.41, 5.74) is 2.77. The first-order valence-corrected chi connectivity index (χ1v) is 13.8. The molecule has 0 unspecified atom stereocenters. The Morgan fingerprint density at radius 2 is 1.68 bits per heavy atom. The quantitative estimate of drug-likeness (QED) is 0.400. The number of anilines is 1. The number of sulfonamides is 1. The molecule has 38 heavy (non-hydrogen) atoms. The van der Waals surface area contributed by atoms with Crippen LogP contribution in [0.2, 0.25) is 5.02 Å². The summed E-state index contributed by atoms with van der Waals surface area (Å²) in [7, 11) is -1.34. The molecule has 0 fully saturated rings. The molecule has 0 aliphatic heterocycles. The normalized spacial score (nSPS) is 11.9. The zero-order valence-electron chi connectivity index (χ0n) is 22.1. The first-order chi connectivity index (χ1) is 18.0. The molecular weight excluding hydrogens is 526 g/mol. The number of benzene rings is 3. The molecule has 0 aromatic heterocycles. The maximum atomic E-state index is 13.9. The molecule has 0 spiro atoms. The van der Waals surface area contributed by atoms with E-state index in [9.17, 15) is 18.0 Å². The summed E-state index contributed by atoms with van der Waals surface area (Å²) in [6.45, 7) is 4.90. The van der Waals surface area contributed by atoms with Crippen molar-refractivity contribution in [2.75, 3.05) is 25.0 Å². The van der Waals surface area contributed by atoms with Crippen LogP contribution < -0.4 is 14.4 Å². The first-order valence-electron chi connectivity index (χ1n) is 12.0. The van der Waals surface area contributed by atoms with Gasteiger partial charge in [0.2, 0.25) is 11.8 Å². The van der Waals surface area contributed by atoms with Crippen LogP contribution in [0.4, 0.5) is 5.69 Å². The van der Waals surface area contributed by atoms with Gasteiger partial charge < -0.3 is 15.0 Å². The highest BCUT2D eigenvalue weighted by Gasteiger charge is 2.34. The van der Waals surface area contributed by atoms with Crippen LogP contribution in [0, 0.1) is 13.8 Å². The average Bonchev–Trinajstić information content (AvgIpc) is 2.90. The minimum atomic E-state index is -4.23. The van der Waals surface area contributed by atoms with E-state index >= 15 is 0 Å². The monoisotopic (exact) mass is 557 g/mol. The van der Waals surface area contributed by atoms with Crippen LogP contribution in [0.15, 0.2) is 71.6 Å². The van der Waals surface area contributed by atoms with Crippen molar-refractivity contribution in [3.8, 4) is 5.75 Å². The lowest BCUT2D eigenvalue weighted by Gasteiger charge is -2.32. The van der Waals surface area contributed by atoms with E-state index in [1.807, 2.05) is 38.1 Å². The number of amides is 2. The van der Waals surface area contributed by atoms with E-state index in [4.69, 9.17) is 16.3 Å². The maximum absolute atomic E-state index is 13.9. The number of likely N-dealkylation sites (N-methyl/N-ethyl adjacent to an activating group) is 1. The van der Waals surface area contributed by atoms with Gasteiger partial charge in [-0.05, 0) is 62.2 Å². The number of halogens is 1. The Balaban J connectivity index is 2.12. The van der Waals surface area contributed by atoms with Gasteiger partial charge in [-0.25, -0.2) is 8.42 Å². The highest BCUT2D eigenvalue weighted by Crippen LogP contribution is 2.35. The average molecular weight is 558 g/mol. The molecule has 3 aromatic rings. The van der Waals surface area contributed by atoms with Gasteiger partial charge in [0.05, 0.1) is 17.7 Å². The Morgan fingerprint density at radius 3 is 2.29 bits per heavy atom. The van der Waals surface area contributed by atoms with Crippen molar-refractivity contribution in [2.45, 2.75) is 38.3 Å². The van der Waals surface area contributed by atoms with Gasteiger partial charge in [-0.15, -0.1) is 0 Å². The number of nitrogens with zero attached hydrogens (tertiary/aromatic N) is 2. The summed E-state index contributed by atoms with van der Waals surface area (Å²) in [4.78, 5) is 27.9. The lowest BCUT2D eigenvalue weighted by Crippen LogP contribution is -2.50. The summed E-state index contributed by atoms with van der Waals surface area (Å²) in [6.07, 6.45) is 0. The number of rotatable bonds is 10. The molecule has 3 rings (SSSR count). The van der Waals surface area contributed by atoms with Gasteiger partial charge in [-0.2, -0.15) is 0 Å². The highest BCUT2D eigenvalue weighted by molar-refractivity contribution is 7.92. The van der Waals surface area contributed by atoms with Crippen LogP contribution in [-0.2, 0) is 26.2 Å². The van der Waals surface area contributed by atoms with E-state index in [1.165, 1.54) is 43.3 Å². The molecule has 0 radical (unpaired) electrons. The number of hydrogen-bond donors (Lipinski definition) is 1. The molecule has 0 saturated carbocycles. The van der Waals surface area contributed by atoms with Crippen molar-refractivity contribution in [3.63, 3.8) is 0 Å². The standard InChI is InChI=1S/C28H32ClN3O5S/c1-19-10-13-24(14-11-19)38(35,36)32(25-16-23(29)12-15-26(25)37-5)18-27(33)31(21(3)28(34)30-4)17-22-9-7-6-8-20(22)2/h6-16,21H,17-18H2,1-5H3,(H,30,34)/t21-/m1/s1. The zero-order valence-corrected chi connectivity index (χ0v) is 23.6. The minimum Gasteiger partial charge on any atom is -0.495 e. The molecule has 2 amide bonds. The van der Waals surface area contributed by atoms with Gasteiger partial charge in [-0.1, -0.05) is 53.6 Å². The summed E-state index contributed by atoms with van der Waals surface area (Å²) < 4.78 is 34.3. The molecular formula is C28H32ClN3O5S. The van der Waals surface area contributed by atoms with E-state index in [2.05, 4.69) is 5.32 Å². The number of methoxy groups -OCH3 is 1. The van der Waals surface area contributed by atoms with Gasteiger partial charge in [-0.3, -0.25) is 13.9 Å². The third-order valence-corrected chi connectivity index (χ3v) is 8.32. The second-order valence-electron chi connectivity index (χ2n) is 8.88. The van der Waals surface area contributed by atoms with Gasteiger partial charge in [0, 0.05) is 18.6 Å². The van der Waals surface area contributed by atoms with Crippen LogP contribution in [0.5, 0.6) is 5.75 Å². The van der Waals surface area contributed by atoms with Gasteiger partial charge in [0.15, 0.2) is 0 Å². The van der Waals surface area contributed by atoms with E-state index < -0.39 is 28.5 Å². The summed E-state index contributed by atoms with van der Waals surface area (Å²) in [5.74, 6) is -0.718. The fraction of sp³-hybridized carbons (Fsp3) is 0.286. The molecule has 1 N–H and O–H groups in total. The summed E-state index contributed by atoms with van der Waals surface area (Å²) in [5, 5.41) is 2.84. The summed E-state index contributed by atoms with van der Waals surface area (Å²) >= 11 is 6.24. The largest absolute Gasteiger partial charge is 0.495 e. The topological polar surface area (TPSA) is 96.0 Å². The van der Waals surface area contributed by atoms with Crippen LogP contribution in [0.1, 0.15) is 23.6 Å². The molecule has 10 heteroatoms. The van der Waals surface area contributed by atoms with E-state index in [0.717, 1.165) is 21.0 Å². The predicted octanol–water partition coefficient (Wildman–Crippen LogP) is 4.32. The van der Waals surface area contributed by atoms with Crippen molar-refractivity contribution in [1.29, 1.82) is 0 Å². The van der Waals surface area contributed by atoms with E-state index in [-0.39, 0.29) is 33.8 Å². The second kappa shape index (κ2) is 12.3. The minimum absolute atomic E-state index is 0.00253. The molecule has 0 aliphatic rings. The van der Waals surface area contributed by atoms with E-state index in [0.29, 0.717) is 0 Å². The number of carbonyl (C=O) groups excluding carboxylic acids is 2. The smallest absolute Gasteiger partial charge is 0.264 e. The van der Waals surface area contributed by atoms with Gasteiger partial charge in [0.1, 0.15) is 18.3 Å². The summed E-state index contributed by atoms with van der Waals surface area (Å²) in [6, 6.07) is 17.5. The van der Waals surface area contributed by atoms with Crippen molar-refractivity contribution < 1.29 is 22.7 Å². The zero-order chi connectivity index (χ0) is 28.0. The van der Waals surface area contributed by atoms with Crippen molar-refractivity contribution >= 4 is 39.1 Å². The Kier molecular flexibility index (Phi) is 9.40.